The van der Waals surface area contributed by atoms with Crippen LogP contribution in [0.5, 0.6) is 0 Å². The molecule has 2 atom stereocenters. The van der Waals surface area contributed by atoms with Crippen molar-refractivity contribution in [3.05, 3.63) is 105 Å². The van der Waals surface area contributed by atoms with Crippen molar-refractivity contribution in [2.24, 2.45) is 5.73 Å². The van der Waals surface area contributed by atoms with Gasteiger partial charge in [0.05, 0.1) is 28.9 Å². The number of β-amino-alcohol motifs (C(OH)–C–C–N with tert-alkyl or cyclic N) is 1. The molecule has 3 aromatic carbocycles. The van der Waals surface area contributed by atoms with Crippen molar-refractivity contribution < 1.29 is 9.90 Å². The Morgan fingerprint density at radius 1 is 1.14 bits per heavy atom. The van der Waals surface area contributed by atoms with E-state index in [-0.39, 0.29) is 6.04 Å². The van der Waals surface area contributed by atoms with E-state index < -0.39 is 11.5 Å². The summed E-state index contributed by atoms with van der Waals surface area (Å²) in [4.78, 5) is 19.5. The van der Waals surface area contributed by atoms with E-state index in [9.17, 15) is 9.90 Å². The molecule has 0 saturated carbocycles. The van der Waals surface area contributed by atoms with Gasteiger partial charge in [0.25, 0.3) is 0 Å². The van der Waals surface area contributed by atoms with Crippen LogP contribution in [0, 0.1) is 6.57 Å². The summed E-state index contributed by atoms with van der Waals surface area (Å²) in [6.45, 7) is 11.4. The number of piperazine rings is 1. The average Bonchev–Trinajstić information content (AvgIpc) is 2.84. The molecular formula is C27H26Cl2N4O2. The first-order valence-electron chi connectivity index (χ1n) is 11.2. The van der Waals surface area contributed by atoms with Gasteiger partial charge < -0.3 is 15.7 Å². The van der Waals surface area contributed by atoms with Crippen LogP contribution in [-0.4, -0.2) is 42.1 Å². The molecule has 0 aromatic heterocycles. The minimum absolute atomic E-state index is 0.0664. The first-order chi connectivity index (χ1) is 16.7. The second-order valence-electron chi connectivity index (χ2n) is 8.96. The number of aliphatic hydroxyl groups is 1. The summed E-state index contributed by atoms with van der Waals surface area (Å²) in [5.41, 5.74) is 7.73. The number of primary amides is 1. The number of hydrogen-bond acceptors (Lipinski definition) is 4. The van der Waals surface area contributed by atoms with Crippen molar-refractivity contribution in [1.82, 2.24) is 4.90 Å². The van der Waals surface area contributed by atoms with Crippen LogP contribution in [0.15, 0.2) is 66.7 Å². The van der Waals surface area contributed by atoms with Gasteiger partial charge in [-0.05, 0) is 48.4 Å². The number of hydrogen-bond donors (Lipinski definition) is 2. The fraction of sp³-hybridized carbons (Fsp3) is 0.259. The zero-order valence-electron chi connectivity index (χ0n) is 19.3. The number of carbonyl (C=O) groups is 1. The lowest BCUT2D eigenvalue weighted by Gasteiger charge is -2.45. The Kier molecular flexibility index (Phi) is 7.34. The summed E-state index contributed by atoms with van der Waals surface area (Å²) in [7, 11) is 0. The Balaban J connectivity index is 1.63. The van der Waals surface area contributed by atoms with E-state index in [1.54, 1.807) is 37.3 Å². The predicted octanol–water partition coefficient (Wildman–Crippen LogP) is 5.41. The molecule has 1 aliphatic heterocycles. The molecule has 1 amide bonds. The smallest absolute Gasteiger partial charge is 0.248 e. The first kappa shape index (κ1) is 25.0. The number of rotatable bonds is 6. The molecule has 35 heavy (non-hydrogen) atoms. The van der Waals surface area contributed by atoms with E-state index in [2.05, 4.69) is 14.6 Å². The van der Waals surface area contributed by atoms with Gasteiger partial charge in [0.1, 0.15) is 0 Å². The normalized spacial score (nSPS) is 18.0. The lowest BCUT2D eigenvalue weighted by molar-refractivity contribution is 0.0103. The number of benzene rings is 3. The van der Waals surface area contributed by atoms with E-state index in [0.717, 1.165) is 11.3 Å². The van der Waals surface area contributed by atoms with Gasteiger partial charge in [-0.25, -0.2) is 4.85 Å². The van der Waals surface area contributed by atoms with Crippen LogP contribution in [0.2, 0.25) is 10.0 Å². The Bertz CT molecular complexity index is 1270. The van der Waals surface area contributed by atoms with Gasteiger partial charge in [0.15, 0.2) is 5.69 Å². The second-order valence-corrected chi connectivity index (χ2v) is 9.81. The molecule has 3 aromatic rings. The van der Waals surface area contributed by atoms with Gasteiger partial charge in [-0.15, -0.1) is 0 Å². The van der Waals surface area contributed by atoms with Crippen molar-refractivity contribution in [3.8, 4) is 0 Å². The molecule has 6 nitrogen and oxygen atoms in total. The molecule has 0 radical (unpaired) electrons. The maximum absolute atomic E-state index is 11.6. The average molecular weight is 509 g/mol. The molecule has 0 bridgehead atoms. The van der Waals surface area contributed by atoms with E-state index in [1.807, 2.05) is 36.4 Å². The lowest BCUT2D eigenvalue weighted by atomic mass is 9.93. The SMILES string of the molecule is [C-]#[N+]c1cccc([C@](C)(O)CN2CCN(c3ccc(C(N)=O)cc3Cl)[C@H](c3ccc(Cl)cc3)C2)c1. The molecule has 0 unspecified atom stereocenters. The minimum atomic E-state index is -1.13. The fourth-order valence-electron chi connectivity index (χ4n) is 4.57. The molecule has 4 rings (SSSR count). The topological polar surface area (TPSA) is 74.2 Å². The number of anilines is 1. The standard InChI is InChI=1S/C27H26Cl2N4O2/c1-27(35,20-4-3-5-22(15-20)31-2)17-32-12-13-33(24-11-8-19(26(30)34)14-23(24)29)25(16-32)18-6-9-21(28)10-7-18/h3-11,14-15,25,35H,12-13,16-17H2,1H3,(H2,30,34)/t25-,27+/m0/s1. The molecule has 1 fully saturated rings. The van der Waals surface area contributed by atoms with Gasteiger partial charge in [-0.1, -0.05) is 59.6 Å². The highest BCUT2D eigenvalue weighted by Crippen LogP contribution is 2.37. The second kappa shape index (κ2) is 10.3. The van der Waals surface area contributed by atoms with Crippen LogP contribution in [0.4, 0.5) is 11.4 Å². The predicted molar refractivity (Wildman–Crippen MR) is 140 cm³/mol. The van der Waals surface area contributed by atoms with E-state index in [0.29, 0.717) is 53.0 Å². The first-order valence-corrected chi connectivity index (χ1v) is 12.0. The molecule has 8 heteroatoms. The van der Waals surface area contributed by atoms with E-state index in [1.165, 1.54) is 0 Å². The third-order valence-corrected chi connectivity index (χ3v) is 6.94. The maximum Gasteiger partial charge on any atom is 0.248 e. The highest BCUT2D eigenvalue weighted by Gasteiger charge is 2.34. The third kappa shape index (κ3) is 5.61. The summed E-state index contributed by atoms with van der Waals surface area (Å²) in [6, 6.07) is 19.9. The molecule has 0 aliphatic carbocycles. The maximum atomic E-state index is 11.6. The quantitative estimate of drug-likeness (QED) is 0.436. The summed E-state index contributed by atoms with van der Waals surface area (Å²) in [5, 5.41) is 12.4. The van der Waals surface area contributed by atoms with E-state index in [4.69, 9.17) is 35.5 Å². The summed E-state index contributed by atoms with van der Waals surface area (Å²) in [6.07, 6.45) is 0. The van der Waals surface area contributed by atoms with Crippen LogP contribution >= 0.6 is 23.2 Å². The van der Waals surface area contributed by atoms with Gasteiger partial charge >= 0.3 is 0 Å². The number of amides is 1. The molecule has 1 heterocycles. The molecular weight excluding hydrogens is 483 g/mol. The number of carbonyl (C=O) groups excluding carboxylic acids is 1. The van der Waals surface area contributed by atoms with E-state index >= 15 is 0 Å². The summed E-state index contributed by atoms with van der Waals surface area (Å²) in [5.74, 6) is -0.526. The zero-order valence-corrected chi connectivity index (χ0v) is 20.8. The molecule has 3 N–H and O–H groups in total. The lowest BCUT2D eigenvalue weighted by Crippen LogP contribution is -2.52. The molecule has 180 valence electrons. The van der Waals surface area contributed by atoms with Crippen molar-refractivity contribution in [2.75, 3.05) is 31.1 Å². The molecule has 0 spiro atoms. The van der Waals surface area contributed by atoms with Gasteiger partial charge in [0.2, 0.25) is 5.91 Å². The largest absolute Gasteiger partial charge is 0.384 e. The Morgan fingerprint density at radius 2 is 1.89 bits per heavy atom. The van der Waals surface area contributed by atoms with Crippen molar-refractivity contribution in [1.29, 1.82) is 0 Å². The van der Waals surface area contributed by atoms with Crippen LogP contribution in [-0.2, 0) is 5.60 Å². The summed E-state index contributed by atoms with van der Waals surface area (Å²) < 4.78 is 0. The van der Waals surface area contributed by atoms with Gasteiger partial charge in [-0.2, -0.15) is 0 Å². The monoisotopic (exact) mass is 508 g/mol. The van der Waals surface area contributed by atoms with Crippen LogP contribution in [0.25, 0.3) is 4.85 Å². The van der Waals surface area contributed by atoms with Crippen molar-refractivity contribution in [3.63, 3.8) is 0 Å². The van der Waals surface area contributed by atoms with Crippen molar-refractivity contribution >= 4 is 40.5 Å². The summed E-state index contributed by atoms with van der Waals surface area (Å²) >= 11 is 12.7. The fourth-order valence-corrected chi connectivity index (χ4v) is 4.99. The van der Waals surface area contributed by atoms with Crippen molar-refractivity contribution in [2.45, 2.75) is 18.6 Å². The van der Waals surface area contributed by atoms with Crippen LogP contribution < -0.4 is 10.6 Å². The molecule has 1 aliphatic rings. The number of nitrogens with two attached hydrogens (primary N) is 1. The zero-order chi connectivity index (χ0) is 25.2. The third-order valence-electron chi connectivity index (χ3n) is 6.39. The minimum Gasteiger partial charge on any atom is -0.384 e. The van der Waals surface area contributed by atoms with Gasteiger partial charge in [0, 0.05) is 36.8 Å². The highest BCUT2D eigenvalue weighted by atomic mass is 35.5. The Morgan fingerprint density at radius 3 is 2.54 bits per heavy atom. The Hall–Kier alpha value is -3.08. The van der Waals surface area contributed by atoms with Crippen LogP contribution in [0.1, 0.15) is 34.5 Å². The number of nitrogens with zero attached hydrogens (tertiary/aromatic N) is 3. The van der Waals surface area contributed by atoms with Crippen LogP contribution in [0.3, 0.4) is 0 Å². The number of halogens is 2. The Labute approximate surface area is 215 Å². The highest BCUT2D eigenvalue weighted by molar-refractivity contribution is 6.33. The molecule has 1 saturated heterocycles. The van der Waals surface area contributed by atoms with Gasteiger partial charge in [-0.3, -0.25) is 9.69 Å².